The number of nitrogens with zero attached hydrogens (tertiary/aromatic N) is 2. The zero-order chi connectivity index (χ0) is 12.0. The average molecular weight is 224 g/mol. The Bertz CT molecular complexity index is 315. The van der Waals surface area contributed by atoms with E-state index >= 15 is 0 Å². The fourth-order valence-corrected chi connectivity index (χ4v) is 1.15. The Morgan fingerprint density at radius 3 is 2.81 bits per heavy atom. The largest absolute Gasteiger partial charge is 0.475 e. The number of hydrogen-bond donors (Lipinski definition) is 2. The van der Waals surface area contributed by atoms with Gasteiger partial charge in [-0.3, -0.25) is 0 Å². The molecule has 0 aromatic carbocycles. The molecule has 1 aromatic rings. The lowest BCUT2D eigenvalue weighted by atomic mass is 10.2. The van der Waals surface area contributed by atoms with E-state index in [1.165, 1.54) is 0 Å². The van der Waals surface area contributed by atoms with E-state index in [0.29, 0.717) is 11.8 Å². The minimum Gasteiger partial charge on any atom is -0.475 e. The van der Waals surface area contributed by atoms with Crippen molar-refractivity contribution >= 4 is 5.95 Å². The zero-order valence-electron chi connectivity index (χ0n) is 10.1. The lowest BCUT2D eigenvalue weighted by Gasteiger charge is -2.10. The van der Waals surface area contributed by atoms with E-state index in [0.717, 1.165) is 13.0 Å². The second kappa shape index (κ2) is 6.27. The van der Waals surface area contributed by atoms with Crippen molar-refractivity contribution in [2.75, 3.05) is 11.9 Å². The van der Waals surface area contributed by atoms with Gasteiger partial charge in [-0.25, -0.2) is 4.98 Å². The van der Waals surface area contributed by atoms with E-state index in [4.69, 9.17) is 10.5 Å². The Kier molecular flexibility index (Phi) is 4.98. The Morgan fingerprint density at radius 2 is 2.19 bits per heavy atom. The molecule has 1 aromatic heterocycles. The van der Waals surface area contributed by atoms with Crippen LogP contribution >= 0.6 is 0 Å². The molecule has 0 radical (unpaired) electrons. The van der Waals surface area contributed by atoms with Gasteiger partial charge in [-0.1, -0.05) is 0 Å². The van der Waals surface area contributed by atoms with Gasteiger partial charge in [-0.05, 0) is 27.2 Å². The third-order valence-electron chi connectivity index (χ3n) is 1.87. The van der Waals surface area contributed by atoms with Crippen LogP contribution in [0.25, 0.3) is 0 Å². The lowest BCUT2D eigenvalue weighted by Crippen LogP contribution is -2.19. The normalized spacial score (nSPS) is 12.6. The first kappa shape index (κ1) is 12.7. The molecule has 5 heteroatoms. The molecule has 1 rings (SSSR count). The predicted octanol–water partition coefficient (Wildman–Crippen LogP) is 1.41. The van der Waals surface area contributed by atoms with Crippen LogP contribution in [0.4, 0.5) is 5.95 Å². The van der Waals surface area contributed by atoms with Crippen molar-refractivity contribution in [1.29, 1.82) is 0 Å². The number of ether oxygens (including phenoxy) is 1. The van der Waals surface area contributed by atoms with Crippen LogP contribution in [0.5, 0.6) is 5.88 Å². The Hall–Kier alpha value is -1.36. The van der Waals surface area contributed by atoms with Crippen LogP contribution in [0.2, 0.25) is 0 Å². The van der Waals surface area contributed by atoms with Crippen LogP contribution < -0.4 is 15.8 Å². The fraction of sp³-hybridized carbons (Fsp3) is 0.636. The highest BCUT2D eigenvalue weighted by Crippen LogP contribution is 2.10. The van der Waals surface area contributed by atoms with Crippen LogP contribution in [0.1, 0.15) is 27.2 Å². The Morgan fingerprint density at radius 1 is 1.44 bits per heavy atom. The second-order valence-corrected chi connectivity index (χ2v) is 4.08. The first-order valence-corrected chi connectivity index (χ1v) is 5.57. The minimum absolute atomic E-state index is 0.117. The van der Waals surface area contributed by atoms with Crippen molar-refractivity contribution < 1.29 is 4.74 Å². The predicted molar refractivity (Wildman–Crippen MR) is 64.6 cm³/mol. The molecular formula is C11H20N4O. The summed E-state index contributed by atoms with van der Waals surface area (Å²) in [6, 6.07) is 1.93. The Labute approximate surface area is 96.4 Å². The van der Waals surface area contributed by atoms with Crippen molar-refractivity contribution in [3.63, 3.8) is 0 Å². The summed E-state index contributed by atoms with van der Waals surface area (Å²) in [7, 11) is 0. The zero-order valence-corrected chi connectivity index (χ0v) is 10.1. The van der Waals surface area contributed by atoms with Crippen LogP contribution in [-0.4, -0.2) is 28.7 Å². The number of anilines is 1. The molecule has 3 N–H and O–H groups in total. The molecule has 0 amide bonds. The van der Waals surface area contributed by atoms with Crippen LogP contribution in [0.15, 0.2) is 12.3 Å². The molecule has 1 unspecified atom stereocenters. The van der Waals surface area contributed by atoms with Gasteiger partial charge in [0.15, 0.2) is 0 Å². The SMILES string of the molecule is CC(N)CCNc1nccc(OC(C)C)n1. The molecule has 5 nitrogen and oxygen atoms in total. The summed E-state index contributed by atoms with van der Waals surface area (Å²) in [6.07, 6.45) is 2.68. The fourth-order valence-electron chi connectivity index (χ4n) is 1.15. The first-order chi connectivity index (χ1) is 7.58. The first-order valence-electron chi connectivity index (χ1n) is 5.57. The van der Waals surface area contributed by atoms with Crippen LogP contribution in [0, 0.1) is 0 Å². The molecule has 0 bridgehead atoms. The van der Waals surface area contributed by atoms with Gasteiger partial charge >= 0.3 is 0 Å². The van der Waals surface area contributed by atoms with Gasteiger partial charge in [-0.15, -0.1) is 0 Å². The van der Waals surface area contributed by atoms with Gasteiger partial charge in [-0.2, -0.15) is 4.98 Å². The van der Waals surface area contributed by atoms with E-state index in [9.17, 15) is 0 Å². The summed E-state index contributed by atoms with van der Waals surface area (Å²) in [5.74, 6) is 1.17. The smallest absolute Gasteiger partial charge is 0.225 e. The van der Waals surface area contributed by atoms with Crippen molar-refractivity contribution in [3.05, 3.63) is 12.3 Å². The van der Waals surface area contributed by atoms with Crippen molar-refractivity contribution in [2.45, 2.75) is 39.3 Å². The van der Waals surface area contributed by atoms with Gasteiger partial charge in [0.25, 0.3) is 0 Å². The summed E-state index contributed by atoms with van der Waals surface area (Å²) in [5.41, 5.74) is 5.65. The molecule has 0 fully saturated rings. The van der Waals surface area contributed by atoms with Crippen molar-refractivity contribution in [3.8, 4) is 5.88 Å². The van der Waals surface area contributed by atoms with Gasteiger partial charge in [0.05, 0.1) is 6.10 Å². The second-order valence-electron chi connectivity index (χ2n) is 4.08. The van der Waals surface area contributed by atoms with E-state index in [1.54, 1.807) is 12.3 Å². The molecule has 0 aliphatic heterocycles. The molecule has 90 valence electrons. The standard InChI is InChI=1S/C11H20N4O/c1-8(2)16-10-5-7-14-11(15-10)13-6-4-9(3)12/h5,7-9H,4,6,12H2,1-3H3,(H,13,14,15). The molecule has 1 atom stereocenters. The van der Waals surface area contributed by atoms with E-state index in [-0.39, 0.29) is 12.1 Å². The summed E-state index contributed by atoms with van der Waals surface area (Å²) < 4.78 is 5.47. The van der Waals surface area contributed by atoms with Gasteiger partial charge in [0, 0.05) is 24.8 Å². The maximum atomic E-state index is 5.65. The number of nitrogens with two attached hydrogens (primary N) is 1. The molecule has 0 saturated heterocycles. The molecular weight excluding hydrogens is 204 g/mol. The summed E-state index contributed by atoms with van der Waals surface area (Å²) in [5, 5.41) is 3.11. The monoisotopic (exact) mass is 224 g/mol. The van der Waals surface area contributed by atoms with E-state index in [1.807, 2.05) is 20.8 Å². The number of aromatic nitrogens is 2. The number of rotatable bonds is 6. The maximum Gasteiger partial charge on any atom is 0.225 e. The summed E-state index contributed by atoms with van der Waals surface area (Å²) in [4.78, 5) is 8.32. The number of nitrogens with one attached hydrogen (secondary N) is 1. The molecule has 0 aliphatic rings. The van der Waals surface area contributed by atoms with Crippen molar-refractivity contribution in [2.24, 2.45) is 5.73 Å². The molecule has 0 spiro atoms. The third-order valence-corrected chi connectivity index (χ3v) is 1.87. The van der Waals surface area contributed by atoms with E-state index < -0.39 is 0 Å². The Balaban J connectivity index is 2.47. The summed E-state index contributed by atoms with van der Waals surface area (Å²) >= 11 is 0. The number of hydrogen-bond acceptors (Lipinski definition) is 5. The van der Waals surface area contributed by atoms with Gasteiger partial charge < -0.3 is 15.8 Å². The molecule has 16 heavy (non-hydrogen) atoms. The highest BCUT2D eigenvalue weighted by Gasteiger charge is 2.02. The van der Waals surface area contributed by atoms with Crippen molar-refractivity contribution in [1.82, 2.24) is 9.97 Å². The minimum atomic E-state index is 0.117. The van der Waals surface area contributed by atoms with Crippen LogP contribution in [-0.2, 0) is 0 Å². The van der Waals surface area contributed by atoms with Crippen LogP contribution in [0.3, 0.4) is 0 Å². The van der Waals surface area contributed by atoms with E-state index in [2.05, 4.69) is 15.3 Å². The molecule has 0 aliphatic carbocycles. The quantitative estimate of drug-likeness (QED) is 0.764. The molecule has 0 saturated carbocycles. The lowest BCUT2D eigenvalue weighted by molar-refractivity contribution is 0.232. The third kappa shape index (κ3) is 4.93. The van der Waals surface area contributed by atoms with Gasteiger partial charge in [0.1, 0.15) is 0 Å². The summed E-state index contributed by atoms with van der Waals surface area (Å²) in [6.45, 7) is 6.67. The average Bonchev–Trinajstić information content (AvgIpc) is 2.16. The highest BCUT2D eigenvalue weighted by molar-refractivity contribution is 5.27. The highest BCUT2D eigenvalue weighted by atomic mass is 16.5. The van der Waals surface area contributed by atoms with Gasteiger partial charge in [0.2, 0.25) is 11.8 Å². The molecule has 1 heterocycles. The maximum absolute atomic E-state index is 5.65. The topological polar surface area (TPSA) is 73.1 Å².